The maximum absolute atomic E-state index is 12.0. The monoisotopic (exact) mass is 347 g/mol. The molecule has 2 aromatic rings. The number of rotatable bonds is 5. The highest BCUT2D eigenvalue weighted by Crippen LogP contribution is 2.33. The molecule has 0 radical (unpaired) electrons. The summed E-state index contributed by atoms with van der Waals surface area (Å²) in [4.78, 5) is 18.3. The molecule has 0 spiro atoms. The molecule has 1 aliphatic heterocycles. The Bertz CT molecular complexity index is 734. The molecular formula is C15H21N7OS. The molecule has 3 heterocycles. The molecule has 128 valence electrons. The molecule has 1 aliphatic carbocycles. The molecule has 2 aliphatic rings. The van der Waals surface area contributed by atoms with Gasteiger partial charge in [-0.05, 0) is 12.8 Å². The molecule has 2 aromatic heterocycles. The lowest BCUT2D eigenvalue weighted by Gasteiger charge is -2.23. The van der Waals surface area contributed by atoms with E-state index < -0.39 is 0 Å². The van der Waals surface area contributed by atoms with Gasteiger partial charge in [0.25, 0.3) is 5.91 Å². The van der Waals surface area contributed by atoms with Gasteiger partial charge in [0.15, 0.2) is 0 Å². The van der Waals surface area contributed by atoms with Crippen LogP contribution in [0.5, 0.6) is 0 Å². The highest BCUT2D eigenvalue weighted by Gasteiger charge is 2.26. The van der Waals surface area contributed by atoms with Crippen molar-refractivity contribution < 1.29 is 4.79 Å². The molecule has 0 atom stereocenters. The summed E-state index contributed by atoms with van der Waals surface area (Å²) in [5.41, 5.74) is 0. The van der Waals surface area contributed by atoms with Crippen LogP contribution in [0.1, 0.15) is 53.9 Å². The summed E-state index contributed by atoms with van der Waals surface area (Å²) in [5, 5.41) is 12.4. The zero-order valence-corrected chi connectivity index (χ0v) is 14.6. The van der Waals surface area contributed by atoms with Gasteiger partial charge < -0.3 is 14.8 Å². The third-order valence-electron chi connectivity index (χ3n) is 4.81. The molecule has 4 rings (SSSR count). The van der Waals surface area contributed by atoms with E-state index >= 15 is 0 Å². The predicted molar refractivity (Wildman–Crippen MR) is 90.3 cm³/mol. The Kier molecular flexibility index (Phi) is 4.17. The average Bonchev–Trinajstić information content (AvgIpc) is 3.31. The molecule has 1 amide bonds. The van der Waals surface area contributed by atoms with Crippen LogP contribution in [0, 0.1) is 0 Å². The Morgan fingerprint density at radius 1 is 1.25 bits per heavy atom. The fourth-order valence-electron chi connectivity index (χ4n) is 3.37. The van der Waals surface area contributed by atoms with E-state index in [0.717, 1.165) is 23.3 Å². The molecule has 0 unspecified atom stereocenters. The van der Waals surface area contributed by atoms with Crippen LogP contribution < -0.4 is 5.32 Å². The molecule has 0 saturated heterocycles. The summed E-state index contributed by atoms with van der Waals surface area (Å²) >= 11 is 1.43. The number of nitrogens with one attached hydrogen (secondary N) is 1. The average molecular weight is 347 g/mol. The molecule has 24 heavy (non-hydrogen) atoms. The van der Waals surface area contributed by atoms with Crippen molar-refractivity contribution in [2.45, 2.75) is 44.6 Å². The van der Waals surface area contributed by atoms with E-state index in [4.69, 9.17) is 0 Å². The van der Waals surface area contributed by atoms with Gasteiger partial charge in [-0.25, -0.2) is 4.98 Å². The SMILES string of the molecule is CN1CCn2c(CCNc3nc(C4CCCC4)ns3)nnc2C1=O. The Morgan fingerprint density at radius 2 is 2.08 bits per heavy atom. The second-order valence-electron chi connectivity index (χ2n) is 6.43. The first-order chi connectivity index (χ1) is 11.7. The van der Waals surface area contributed by atoms with Crippen LogP contribution >= 0.6 is 11.5 Å². The van der Waals surface area contributed by atoms with E-state index in [1.807, 2.05) is 4.57 Å². The van der Waals surface area contributed by atoms with Gasteiger partial charge in [0.1, 0.15) is 11.6 Å². The quantitative estimate of drug-likeness (QED) is 0.882. The molecule has 1 N–H and O–H groups in total. The third kappa shape index (κ3) is 2.88. The Hall–Kier alpha value is -2.03. The van der Waals surface area contributed by atoms with E-state index in [2.05, 4.69) is 24.9 Å². The number of amides is 1. The van der Waals surface area contributed by atoms with E-state index in [9.17, 15) is 4.79 Å². The van der Waals surface area contributed by atoms with Crippen LogP contribution in [-0.2, 0) is 13.0 Å². The number of hydrogen-bond donors (Lipinski definition) is 1. The van der Waals surface area contributed by atoms with Gasteiger partial charge in [-0.1, -0.05) is 12.8 Å². The van der Waals surface area contributed by atoms with Crippen molar-refractivity contribution in [3.8, 4) is 0 Å². The topological polar surface area (TPSA) is 88.8 Å². The molecule has 9 heteroatoms. The maximum Gasteiger partial charge on any atom is 0.291 e. The minimum absolute atomic E-state index is 0.0571. The number of hydrogen-bond acceptors (Lipinski definition) is 7. The first-order valence-corrected chi connectivity index (χ1v) is 9.25. The molecule has 1 saturated carbocycles. The Labute approximate surface area is 144 Å². The van der Waals surface area contributed by atoms with Crippen molar-refractivity contribution in [2.24, 2.45) is 0 Å². The number of likely N-dealkylation sites (N-methyl/N-ethyl adjacent to an activating group) is 1. The van der Waals surface area contributed by atoms with Crippen molar-refractivity contribution in [3.05, 3.63) is 17.5 Å². The van der Waals surface area contributed by atoms with Crippen molar-refractivity contribution in [1.82, 2.24) is 29.0 Å². The van der Waals surface area contributed by atoms with Gasteiger partial charge in [0.05, 0.1) is 0 Å². The third-order valence-corrected chi connectivity index (χ3v) is 5.50. The van der Waals surface area contributed by atoms with Gasteiger partial charge in [-0.3, -0.25) is 4.79 Å². The minimum atomic E-state index is -0.0571. The number of carbonyl (C=O) groups excluding carboxylic acids is 1. The van der Waals surface area contributed by atoms with E-state index in [0.29, 0.717) is 31.3 Å². The van der Waals surface area contributed by atoms with Crippen LogP contribution in [0.25, 0.3) is 0 Å². The standard InChI is InChI=1S/C15H21N7OS/c1-21-8-9-22-11(18-19-13(22)14(21)23)6-7-16-15-17-12(20-24-15)10-4-2-3-5-10/h10H,2-9H2,1H3,(H,16,17,20). The normalized spacial score (nSPS) is 18.2. The number of anilines is 1. The zero-order valence-electron chi connectivity index (χ0n) is 13.7. The van der Waals surface area contributed by atoms with Gasteiger partial charge >= 0.3 is 0 Å². The Balaban J connectivity index is 1.35. The largest absolute Gasteiger partial charge is 0.360 e. The highest BCUT2D eigenvalue weighted by atomic mass is 32.1. The summed E-state index contributed by atoms with van der Waals surface area (Å²) in [5.74, 6) is 2.77. The minimum Gasteiger partial charge on any atom is -0.360 e. The molecule has 8 nitrogen and oxygen atoms in total. The number of nitrogens with zero attached hydrogens (tertiary/aromatic N) is 6. The van der Waals surface area contributed by atoms with E-state index in [-0.39, 0.29) is 5.91 Å². The van der Waals surface area contributed by atoms with E-state index in [1.54, 1.807) is 11.9 Å². The lowest BCUT2D eigenvalue weighted by atomic mass is 10.1. The van der Waals surface area contributed by atoms with Crippen molar-refractivity contribution in [2.75, 3.05) is 25.5 Å². The molecule has 1 fully saturated rings. The number of fused-ring (bicyclic) bond motifs is 1. The summed E-state index contributed by atoms with van der Waals surface area (Å²) in [6, 6.07) is 0. The van der Waals surface area contributed by atoms with Gasteiger partial charge in [-0.2, -0.15) is 4.37 Å². The van der Waals surface area contributed by atoms with Crippen LogP contribution in [0.3, 0.4) is 0 Å². The lowest BCUT2D eigenvalue weighted by Crippen LogP contribution is -2.38. The summed E-state index contributed by atoms with van der Waals surface area (Å²) < 4.78 is 6.41. The fourth-order valence-corrected chi connectivity index (χ4v) is 4.04. The highest BCUT2D eigenvalue weighted by molar-refractivity contribution is 7.09. The second kappa shape index (κ2) is 6.46. The predicted octanol–water partition coefficient (Wildman–Crippen LogP) is 1.53. The van der Waals surface area contributed by atoms with Crippen LogP contribution in [0.4, 0.5) is 5.13 Å². The van der Waals surface area contributed by atoms with Crippen LogP contribution in [-0.4, -0.2) is 55.1 Å². The molecule has 0 bridgehead atoms. The van der Waals surface area contributed by atoms with Crippen molar-refractivity contribution >= 4 is 22.6 Å². The second-order valence-corrected chi connectivity index (χ2v) is 7.19. The van der Waals surface area contributed by atoms with Gasteiger partial charge in [-0.15, -0.1) is 10.2 Å². The summed E-state index contributed by atoms with van der Waals surface area (Å²) in [7, 11) is 1.79. The van der Waals surface area contributed by atoms with Gasteiger partial charge in [0, 0.05) is 50.6 Å². The van der Waals surface area contributed by atoms with Crippen molar-refractivity contribution in [1.29, 1.82) is 0 Å². The maximum atomic E-state index is 12.0. The Morgan fingerprint density at radius 3 is 2.92 bits per heavy atom. The summed E-state index contributed by atoms with van der Waals surface area (Å²) in [6.45, 7) is 2.16. The number of aromatic nitrogens is 5. The molecular weight excluding hydrogens is 326 g/mol. The zero-order chi connectivity index (χ0) is 16.5. The van der Waals surface area contributed by atoms with Crippen LogP contribution in [0.2, 0.25) is 0 Å². The lowest BCUT2D eigenvalue weighted by molar-refractivity contribution is 0.0740. The van der Waals surface area contributed by atoms with Gasteiger partial charge in [0.2, 0.25) is 11.0 Å². The van der Waals surface area contributed by atoms with Crippen molar-refractivity contribution in [3.63, 3.8) is 0 Å². The fraction of sp³-hybridized carbons (Fsp3) is 0.667. The molecule has 0 aromatic carbocycles. The van der Waals surface area contributed by atoms with Crippen LogP contribution in [0.15, 0.2) is 0 Å². The summed E-state index contributed by atoms with van der Waals surface area (Å²) in [6.07, 6.45) is 5.72. The smallest absolute Gasteiger partial charge is 0.291 e. The first-order valence-electron chi connectivity index (χ1n) is 8.47. The van der Waals surface area contributed by atoms with E-state index in [1.165, 1.54) is 37.2 Å². The first kappa shape index (κ1) is 15.5. The number of carbonyl (C=O) groups is 1.